The standard InChI is InChI=1S/C27H26N2O4/c1-30-23-11-7-19(8-12-23)25-26(33-27(28-25)31-2)20-9-13-24(14-10-20)32-16-15-29-17-21-5-3-4-6-22(21)18-29/h3-14H,15-18H2,1-2H3. The van der Waals surface area contributed by atoms with Crippen LogP contribution in [-0.4, -0.2) is 37.3 Å². The molecule has 0 atom stereocenters. The number of methoxy groups -OCH3 is 2. The molecule has 1 aromatic heterocycles. The van der Waals surface area contributed by atoms with E-state index < -0.39 is 0 Å². The molecule has 0 N–H and O–H groups in total. The normalized spacial score (nSPS) is 13.0. The molecule has 0 bridgehead atoms. The van der Waals surface area contributed by atoms with Crippen molar-refractivity contribution in [3.8, 4) is 40.2 Å². The summed E-state index contributed by atoms with van der Waals surface area (Å²) in [6.45, 7) is 3.50. The number of ether oxygens (including phenoxy) is 3. The quantitative estimate of drug-likeness (QED) is 0.363. The van der Waals surface area contributed by atoms with Crippen molar-refractivity contribution in [3.05, 3.63) is 83.9 Å². The lowest BCUT2D eigenvalue weighted by molar-refractivity contribution is 0.211. The van der Waals surface area contributed by atoms with Crippen LogP contribution < -0.4 is 14.2 Å². The Bertz CT molecular complexity index is 1190. The molecule has 5 rings (SSSR count). The van der Waals surface area contributed by atoms with Crippen LogP contribution in [0.1, 0.15) is 11.1 Å². The zero-order chi connectivity index (χ0) is 22.6. The zero-order valence-corrected chi connectivity index (χ0v) is 18.8. The number of benzene rings is 3. The fourth-order valence-electron chi connectivity index (χ4n) is 4.08. The predicted molar refractivity (Wildman–Crippen MR) is 127 cm³/mol. The molecular formula is C27H26N2O4. The molecule has 0 unspecified atom stereocenters. The Kier molecular flexibility index (Phi) is 6.00. The van der Waals surface area contributed by atoms with Gasteiger partial charge in [0.15, 0.2) is 5.76 Å². The number of hydrogen-bond acceptors (Lipinski definition) is 6. The Morgan fingerprint density at radius 1 is 0.788 bits per heavy atom. The molecule has 4 aromatic rings. The third-order valence-corrected chi connectivity index (χ3v) is 5.84. The van der Waals surface area contributed by atoms with Crippen molar-refractivity contribution in [2.24, 2.45) is 0 Å². The van der Waals surface area contributed by atoms with Gasteiger partial charge in [-0.25, -0.2) is 0 Å². The van der Waals surface area contributed by atoms with Gasteiger partial charge in [-0.15, -0.1) is 0 Å². The van der Waals surface area contributed by atoms with Crippen LogP contribution in [0.25, 0.3) is 22.6 Å². The van der Waals surface area contributed by atoms with Crippen LogP contribution in [0.5, 0.6) is 17.6 Å². The van der Waals surface area contributed by atoms with Crippen molar-refractivity contribution in [2.75, 3.05) is 27.4 Å². The second-order valence-corrected chi connectivity index (χ2v) is 7.94. The molecule has 0 spiro atoms. The van der Waals surface area contributed by atoms with E-state index in [2.05, 4.69) is 34.1 Å². The second kappa shape index (κ2) is 9.38. The second-order valence-electron chi connectivity index (χ2n) is 7.94. The minimum atomic E-state index is 0.225. The van der Waals surface area contributed by atoms with Gasteiger partial charge in [0, 0.05) is 30.8 Å². The Morgan fingerprint density at radius 2 is 1.42 bits per heavy atom. The Morgan fingerprint density at radius 3 is 2.06 bits per heavy atom. The minimum Gasteiger partial charge on any atom is -0.497 e. The number of oxazole rings is 1. The molecule has 1 aliphatic rings. The lowest BCUT2D eigenvalue weighted by Gasteiger charge is -2.15. The molecule has 0 saturated carbocycles. The molecule has 6 nitrogen and oxygen atoms in total. The van der Waals surface area contributed by atoms with Crippen LogP contribution in [-0.2, 0) is 13.1 Å². The molecule has 1 aliphatic heterocycles. The highest BCUT2D eigenvalue weighted by Crippen LogP contribution is 2.36. The van der Waals surface area contributed by atoms with E-state index in [1.54, 1.807) is 14.2 Å². The number of hydrogen-bond donors (Lipinski definition) is 0. The monoisotopic (exact) mass is 442 g/mol. The van der Waals surface area contributed by atoms with Crippen LogP contribution in [0.4, 0.5) is 0 Å². The van der Waals surface area contributed by atoms with E-state index in [0.29, 0.717) is 12.4 Å². The first-order chi connectivity index (χ1) is 16.2. The predicted octanol–water partition coefficient (Wildman–Crippen LogP) is 5.42. The van der Waals surface area contributed by atoms with Crippen LogP contribution in [0.15, 0.2) is 77.2 Å². The highest BCUT2D eigenvalue weighted by Gasteiger charge is 2.19. The van der Waals surface area contributed by atoms with Crippen LogP contribution in [0.3, 0.4) is 0 Å². The maximum absolute atomic E-state index is 6.00. The summed E-state index contributed by atoms with van der Waals surface area (Å²) in [5, 5.41) is 0. The van der Waals surface area contributed by atoms with Crippen LogP contribution in [0, 0.1) is 0 Å². The molecule has 0 radical (unpaired) electrons. The van der Waals surface area contributed by atoms with E-state index in [9.17, 15) is 0 Å². The smallest absolute Gasteiger partial charge is 0.394 e. The first-order valence-electron chi connectivity index (χ1n) is 10.9. The summed E-state index contributed by atoms with van der Waals surface area (Å²) in [7, 11) is 3.19. The third kappa shape index (κ3) is 4.56. The maximum atomic E-state index is 6.00. The molecule has 3 aromatic carbocycles. The molecular weight excluding hydrogens is 416 g/mol. The average molecular weight is 443 g/mol. The molecule has 0 saturated heterocycles. The number of nitrogens with zero attached hydrogens (tertiary/aromatic N) is 2. The third-order valence-electron chi connectivity index (χ3n) is 5.84. The number of aromatic nitrogens is 1. The van der Waals surface area contributed by atoms with Crippen molar-refractivity contribution in [1.29, 1.82) is 0 Å². The number of fused-ring (bicyclic) bond motifs is 1. The number of rotatable bonds is 8. The van der Waals surface area contributed by atoms with Crippen LogP contribution >= 0.6 is 0 Å². The van der Waals surface area contributed by atoms with Gasteiger partial charge in [-0.1, -0.05) is 24.3 Å². The summed E-state index contributed by atoms with van der Waals surface area (Å²) < 4.78 is 22.4. The highest BCUT2D eigenvalue weighted by molar-refractivity contribution is 5.77. The van der Waals surface area contributed by atoms with Crippen molar-refractivity contribution in [2.45, 2.75) is 13.1 Å². The summed E-state index contributed by atoms with van der Waals surface area (Å²) >= 11 is 0. The summed E-state index contributed by atoms with van der Waals surface area (Å²) in [4.78, 5) is 6.90. The molecule has 6 heteroatoms. The minimum absolute atomic E-state index is 0.225. The van der Waals surface area contributed by atoms with Gasteiger partial charge in [-0.3, -0.25) is 4.90 Å². The summed E-state index contributed by atoms with van der Waals surface area (Å²) in [5.41, 5.74) is 5.37. The van der Waals surface area contributed by atoms with E-state index in [1.165, 1.54) is 11.1 Å². The molecule has 2 heterocycles. The molecule has 168 valence electrons. The highest BCUT2D eigenvalue weighted by atomic mass is 16.6. The van der Waals surface area contributed by atoms with E-state index in [4.69, 9.17) is 18.6 Å². The Balaban J connectivity index is 1.25. The van der Waals surface area contributed by atoms with Crippen molar-refractivity contribution in [1.82, 2.24) is 9.88 Å². The van der Waals surface area contributed by atoms with E-state index in [0.717, 1.165) is 48.0 Å². The van der Waals surface area contributed by atoms with Gasteiger partial charge in [-0.05, 0) is 59.7 Å². The molecule has 0 amide bonds. The lowest BCUT2D eigenvalue weighted by Crippen LogP contribution is -2.22. The van der Waals surface area contributed by atoms with E-state index in [-0.39, 0.29) is 6.08 Å². The van der Waals surface area contributed by atoms with Gasteiger partial charge in [0.25, 0.3) is 0 Å². The molecule has 0 fully saturated rings. The Labute approximate surface area is 193 Å². The zero-order valence-electron chi connectivity index (χ0n) is 18.8. The van der Waals surface area contributed by atoms with E-state index >= 15 is 0 Å². The largest absolute Gasteiger partial charge is 0.497 e. The van der Waals surface area contributed by atoms with Gasteiger partial charge in [0.05, 0.1) is 14.2 Å². The fourth-order valence-corrected chi connectivity index (χ4v) is 4.08. The van der Waals surface area contributed by atoms with Crippen molar-refractivity contribution in [3.63, 3.8) is 0 Å². The van der Waals surface area contributed by atoms with Crippen LogP contribution in [0.2, 0.25) is 0 Å². The summed E-state index contributed by atoms with van der Waals surface area (Å²) in [5.74, 6) is 2.27. The maximum Gasteiger partial charge on any atom is 0.394 e. The van der Waals surface area contributed by atoms with E-state index in [1.807, 2.05) is 48.5 Å². The van der Waals surface area contributed by atoms with Gasteiger partial charge in [0.2, 0.25) is 0 Å². The first-order valence-corrected chi connectivity index (χ1v) is 10.9. The van der Waals surface area contributed by atoms with Gasteiger partial charge in [0.1, 0.15) is 23.8 Å². The topological polar surface area (TPSA) is 57.0 Å². The van der Waals surface area contributed by atoms with Gasteiger partial charge < -0.3 is 18.6 Å². The summed E-state index contributed by atoms with van der Waals surface area (Å²) in [6, 6.07) is 24.2. The van der Waals surface area contributed by atoms with Gasteiger partial charge >= 0.3 is 6.08 Å². The van der Waals surface area contributed by atoms with Gasteiger partial charge in [-0.2, -0.15) is 4.98 Å². The van der Waals surface area contributed by atoms with Crippen molar-refractivity contribution < 1.29 is 18.6 Å². The first kappa shape index (κ1) is 21.1. The molecule has 33 heavy (non-hydrogen) atoms. The average Bonchev–Trinajstić information content (AvgIpc) is 3.48. The fraction of sp³-hybridized carbons (Fsp3) is 0.222. The SMILES string of the molecule is COc1ccc(-c2nc(OC)oc2-c2ccc(OCCN3Cc4ccccc4C3)cc2)cc1. The molecule has 0 aliphatic carbocycles. The summed E-state index contributed by atoms with van der Waals surface area (Å²) in [6.07, 6.45) is 0.225. The Hall–Kier alpha value is -3.77. The van der Waals surface area contributed by atoms with Crippen molar-refractivity contribution >= 4 is 0 Å². The lowest BCUT2D eigenvalue weighted by atomic mass is 10.1.